The van der Waals surface area contributed by atoms with E-state index in [1.807, 2.05) is 6.92 Å². The van der Waals surface area contributed by atoms with Gasteiger partial charge >= 0.3 is 5.97 Å². The molecule has 0 aromatic heterocycles. The van der Waals surface area contributed by atoms with Gasteiger partial charge in [-0.05, 0) is 59.8 Å². The SMILES string of the molecule is CC1=CC23C(C)CC4C(C(C=C(CO)C(O)C2(O)C1OC(=O)c1c(N)cccc1Cl)C3O)C4(C)C. The fourth-order valence-electron chi connectivity index (χ4n) is 7.82. The number of halogens is 1. The molecule has 0 saturated heterocycles. The van der Waals surface area contributed by atoms with Crippen LogP contribution in [0.4, 0.5) is 5.69 Å². The maximum absolute atomic E-state index is 13.3. The fraction of sp³-hybridized carbons (Fsp3) is 0.593. The van der Waals surface area contributed by atoms with E-state index >= 15 is 0 Å². The number of hydrogen-bond acceptors (Lipinski definition) is 7. The van der Waals surface area contributed by atoms with Crippen molar-refractivity contribution in [2.45, 2.75) is 58.0 Å². The first-order valence-electron chi connectivity index (χ1n) is 12.2. The third-order valence-electron chi connectivity index (χ3n) is 9.64. The number of anilines is 1. The number of ether oxygens (including phenoxy) is 1. The van der Waals surface area contributed by atoms with Gasteiger partial charge in [0.15, 0.2) is 6.10 Å². The second-order valence-corrected chi connectivity index (χ2v) is 12.0. The third-order valence-corrected chi connectivity index (χ3v) is 9.95. The molecule has 6 N–H and O–H groups in total. The molecule has 2 saturated carbocycles. The smallest absolute Gasteiger partial charge is 0.342 e. The molecule has 0 amide bonds. The minimum atomic E-state index is -2.11. The lowest BCUT2D eigenvalue weighted by Crippen LogP contribution is -2.66. The number of nitrogen functional groups attached to an aromatic ring is 1. The third kappa shape index (κ3) is 3.02. The minimum Gasteiger partial charge on any atom is -0.451 e. The molecule has 0 radical (unpaired) electrons. The number of fused-ring (bicyclic) bond motifs is 3. The molecule has 4 aliphatic carbocycles. The molecule has 35 heavy (non-hydrogen) atoms. The van der Waals surface area contributed by atoms with Gasteiger partial charge in [0.25, 0.3) is 0 Å². The van der Waals surface area contributed by atoms with Gasteiger partial charge in [-0.1, -0.05) is 50.6 Å². The van der Waals surface area contributed by atoms with E-state index < -0.39 is 41.9 Å². The van der Waals surface area contributed by atoms with Crippen molar-refractivity contribution in [1.29, 1.82) is 0 Å². The minimum absolute atomic E-state index is 0.00317. The van der Waals surface area contributed by atoms with E-state index in [-0.39, 0.29) is 45.0 Å². The highest BCUT2D eigenvalue weighted by Crippen LogP contribution is 2.72. The summed E-state index contributed by atoms with van der Waals surface area (Å²) in [4.78, 5) is 13.3. The Bertz CT molecular complexity index is 1130. The van der Waals surface area contributed by atoms with Crippen LogP contribution in [0.1, 0.15) is 44.5 Å². The van der Waals surface area contributed by atoms with Gasteiger partial charge in [0.2, 0.25) is 0 Å². The van der Waals surface area contributed by atoms with Gasteiger partial charge in [0.05, 0.1) is 23.1 Å². The van der Waals surface area contributed by atoms with E-state index in [1.54, 1.807) is 25.1 Å². The molecule has 1 aromatic rings. The number of benzene rings is 1. The van der Waals surface area contributed by atoms with Crippen LogP contribution in [-0.4, -0.2) is 56.9 Å². The van der Waals surface area contributed by atoms with Gasteiger partial charge in [0, 0.05) is 11.6 Å². The summed E-state index contributed by atoms with van der Waals surface area (Å²) in [5.41, 5.74) is 3.42. The Hall–Kier alpha value is -1.90. The number of aliphatic hydroxyl groups excluding tert-OH is 3. The first kappa shape index (κ1) is 24.8. The molecule has 1 spiro atoms. The molecule has 5 rings (SSSR count). The van der Waals surface area contributed by atoms with Crippen molar-refractivity contribution < 1.29 is 30.0 Å². The van der Waals surface area contributed by atoms with Crippen LogP contribution in [0, 0.1) is 34.5 Å². The molecule has 190 valence electrons. The normalized spacial score (nSPS) is 43.2. The van der Waals surface area contributed by atoms with E-state index in [0.717, 1.165) is 6.42 Å². The van der Waals surface area contributed by atoms with Crippen LogP contribution in [0.3, 0.4) is 0 Å². The van der Waals surface area contributed by atoms with Crippen LogP contribution in [0.15, 0.2) is 41.5 Å². The standard InChI is InChI=1S/C27H34ClNO6/c1-12-10-26-13(2)8-16-20(25(16,3)4)15(22(26)32)9-14(11-30)21(31)27(26,34)23(12)35-24(33)19-17(28)6-5-7-18(19)29/h5-7,9-10,13,15-16,20-23,30-32,34H,8,11,29H2,1-4H3. The van der Waals surface area contributed by atoms with Crippen molar-refractivity contribution in [3.8, 4) is 0 Å². The van der Waals surface area contributed by atoms with Crippen molar-refractivity contribution in [2.75, 3.05) is 12.3 Å². The highest BCUT2D eigenvalue weighted by molar-refractivity contribution is 6.34. The van der Waals surface area contributed by atoms with Gasteiger partial charge in [-0.25, -0.2) is 4.79 Å². The van der Waals surface area contributed by atoms with E-state index in [9.17, 15) is 25.2 Å². The Morgan fingerprint density at radius 1 is 1.29 bits per heavy atom. The quantitative estimate of drug-likeness (QED) is 0.243. The second kappa shape index (κ2) is 7.80. The lowest BCUT2D eigenvalue weighted by atomic mass is 9.58. The Morgan fingerprint density at radius 3 is 2.60 bits per heavy atom. The number of aliphatic hydroxyl groups is 4. The van der Waals surface area contributed by atoms with Crippen molar-refractivity contribution in [2.24, 2.45) is 34.5 Å². The molecule has 1 aromatic carbocycles. The molecule has 2 bridgehead atoms. The van der Waals surface area contributed by atoms with Gasteiger partial charge < -0.3 is 30.9 Å². The number of hydrogen-bond donors (Lipinski definition) is 5. The van der Waals surface area contributed by atoms with Crippen molar-refractivity contribution in [3.63, 3.8) is 0 Å². The van der Waals surface area contributed by atoms with E-state index in [1.165, 1.54) is 12.1 Å². The Labute approximate surface area is 210 Å². The molecular formula is C27H34ClNO6. The number of carbonyl (C=O) groups excluding carboxylic acids is 1. The van der Waals surface area contributed by atoms with E-state index in [4.69, 9.17) is 22.1 Å². The van der Waals surface area contributed by atoms with Crippen LogP contribution in [0.2, 0.25) is 5.02 Å². The largest absolute Gasteiger partial charge is 0.451 e. The summed E-state index contributed by atoms with van der Waals surface area (Å²) in [6, 6.07) is 4.66. The van der Waals surface area contributed by atoms with Gasteiger partial charge in [-0.15, -0.1) is 0 Å². The van der Waals surface area contributed by atoms with Crippen molar-refractivity contribution in [3.05, 3.63) is 52.1 Å². The summed E-state index contributed by atoms with van der Waals surface area (Å²) in [5, 5.41) is 46.3. The van der Waals surface area contributed by atoms with Gasteiger partial charge in [0.1, 0.15) is 17.3 Å². The van der Waals surface area contributed by atoms with Gasteiger partial charge in [-0.2, -0.15) is 0 Å². The molecule has 0 aliphatic heterocycles. The molecule has 9 atom stereocenters. The summed E-state index contributed by atoms with van der Waals surface area (Å²) < 4.78 is 5.86. The second-order valence-electron chi connectivity index (χ2n) is 11.6. The number of esters is 1. The van der Waals surface area contributed by atoms with Crippen LogP contribution < -0.4 is 5.73 Å². The molecule has 4 aliphatic rings. The van der Waals surface area contributed by atoms with E-state index in [0.29, 0.717) is 11.5 Å². The highest BCUT2D eigenvalue weighted by Gasteiger charge is 2.76. The molecule has 8 heteroatoms. The summed E-state index contributed by atoms with van der Waals surface area (Å²) in [6.07, 6.45) is 0.369. The van der Waals surface area contributed by atoms with Crippen molar-refractivity contribution >= 4 is 23.3 Å². The zero-order chi connectivity index (χ0) is 25.7. The summed E-state index contributed by atoms with van der Waals surface area (Å²) in [7, 11) is 0. The summed E-state index contributed by atoms with van der Waals surface area (Å²) in [5.74, 6) is -0.979. The molecular weight excluding hydrogens is 470 g/mol. The zero-order valence-corrected chi connectivity index (χ0v) is 21.2. The topological polar surface area (TPSA) is 133 Å². The lowest BCUT2D eigenvalue weighted by molar-refractivity contribution is -0.215. The van der Waals surface area contributed by atoms with Gasteiger partial charge in [-0.3, -0.25) is 0 Å². The van der Waals surface area contributed by atoms with Crippen LogP contribution in [0.25, 0.3) is 0 Å². The predicted molar refractivity (Wildman–Crippen MR) is 131 cm³/mol. The first-order chi connectivity index (χ1) is 16.3. The Morgan fingerprint density at radius 2 is 1.97 bits per heavy atom. The fourth-order valence-corrected chi connectivity index (χ4v) is 8.08. The van der Waals surface area contributed by atoms with Crippen LogP contribution in [-0.2, 0) is 4.74 Å². The monoisotopic (exact) mass is 503 g/mol. The summed E-state index contributed by atoms with van der Waals surface area (Å²) in [6.45, 7) is 7.54. The number of rotatable bonds is 3. The Balaban J connectivity index is 1.64. The number of carbonyl (C=O) groups is 1. The summed E-state index contributed by atoms with van der Waals surface area (Å²) >= 11 is 6.23. The molecule has 9 unspecified atom stereocenters. The highest BCUT2D eigenvalue weighted by atomic mass is 35.5. The lowest BCUT2D eigenvalue weighted by Gasteiger charge is -2.52. The van der Waals surface area contributed by atoms with Crippen LogP contribution in [0.5, 0.6) is 0 Å². The molecule has 2 fully saturated rings. The van der Waals surface area contributed by atoms with Crippen LogP contribution >= 0.6 is 11.6 Å². The maximum atomic E-state index is 13.3. The van der Waals surface area contributed by atoms with E-state index in [2.05, 4.69) is 13.8 Å². The Kier molecular flexibility index (Phi) is 5.52. The molecule has 7 nitrogen and oxygen atoms in total. The number of nitrogens with two attached hydrogens (primary N) is 1. The molecule has 0 heterocycles. The first-order valence-corrected chi connectivity index (χ1v) is 12.6. The van der Waals surface area contributed by atoms with Crippen molar-refractivity contribution in [1.82, 2.24) is 0 Å². The average molecular weight is 504 g/mol. The predicted octanol–water partition coefficient (Wildman–Crippen LogP) is 2.71. The zero-order valence-electron chi connectivity index (χ0n) is 20.4. The average Bonchev–Trinajstić information content (AvgIpc) is 3.27. The maximum Gasteiger partial charge on any atom is 0.342 e.